The molecule has 7 aromatic rings. The smallest absolute Gasteiger partial charge is 0.407 e. The summed E-state index contributed by atoms with van der Waals surface area (Å²) in [4.78, 5) is 42.0. The highest BCUT2D eigenvalue weighted by Gasteiger charge is 2.63. The molecule has 11 nitrogen and oxygen atoms in total. The highest BCUT2D eigenvalue weighted by molar-refractivity contribution is 6.07. The minimum absolute atomic E-state index is 0.106. The number of aliphatic hydroxyl groups is 1. The number of hydrogen-bond donors (Lipinski definition) is 4. The maximum atomic E-state index is 15.1. The van der Waals surface area contributed by atoms with Gasteiger partial charge in [0.2, 0.25) is 17.7 Å². The van der Waals surface area contributed by atoms with Gasteiger partial charge in [-0.25, -0.2) is 9.97 Å². The first-order chi connectivity index (χ1) is 28.9. The van der Waals surface area contributed by atoms with Gasteiger partial charge in [0.1, 0.15) is 17.2 Å². The number of rotatable bonds is 6. The molecular formula is C46H36F3N5O6. The van der Waals surface area contributed by atoms with Crippen molar-refractivity contribution in [2.45, 2.75) is 56.0 Å². The molecule has 7 heterocycles. The fourth-order valence-electron chi connectivity index (χ4n) is 9.84. The number of carbonyl (C=O) groups is 2. The fraction of sp³-hybridized carbons (Fsp3) is 0.261. The Kier molecular flexibility index (Phi) is 7.69. The first kappa shape index (κ1) is 36.4. The highest BCUT2D eigenvalue weighted by atomic mass is 19.4. The van der Waals surface area contributed by atoms with Gasteiger partial charge in [-0.3, -0.25) is 9.59 Å². The second-order valence-electron chi connectivity index (χ2n) is 16.4. The van der Waals surface area contributed by atoms with E-state index in [1.807, 2.05) is 56.4 Å². The zero-order valence-corrected chi connectivity index (χ0v) is 32.2. The van der Waals surface area contributed by atoms with Crippen molar-refractivity contribution in [3.05, 3.63) is 131 Å². The third kappa shape index (κ3) is 4.81. The Morgan fingerprint density at radius 1 is 0.950 bits per heavy atom. The summed E-state index contributed by atoms with van der Waals surface area (Å²) in [7, 11) is 0. The molecule has 4 aliphatic rings. The molecule has 0 saturated heterocycles. The van der Waals surface area contributed by atoms with Crippen molar-refractivity contribution in [3.8, 4) is 39.8 Å². The number of nitrogens with one attached hydrogen (secondary N) is 3. The van der Waals surface area contributed by atoms with Gasteiger partial charge >= 0.3 is 6.18 Å². The van der Waals surface area contributed by atoms with Gasteiger partial charge in [-0.05, 0) is 41.2 Å². The van der Waals surface area contributed by atoms with Crippen LogP contribution < -0.4 is 15.4 Å². The predicted molar refractivity (Wildman–Crippen MR) is 213 cm³/mol. The lowest BCUT2D eigenvalue weighted by Crippen LogP contribution is -2.53. The number of para-hydroxylation sites is 1. The summed E-state index contributed by atoms with van der Waals surface area (Å²) in [5.74, 6) is -1.98. The lowest BCUT2D eigenvalue weighted by Gasteiger charge is -2.34. The normalized spacial score (nSPS) is 21.9. The Morgan fingerprint density at radius 2 is 1.75 bits per heavy atom. The summed E-state index contributed by atoms with van der Waals surface area (Å²) in [6.45, 7) is 2.19. The monoisotopic (exact) mass is 811 g/mol. The second kappa shape index (κ2) is 12.7. The molecule has 0 aliphatic carbocycles. The number of H-pyrrole nitrogens is 1. The number of nitrogens with zero attached hydrogens (tertiary/aromatic N) is 2. The summed E-state index contributed by atoms with van der Waals surface area (Å²) in [6, 6.07) is 23.2. The Balaban J connectivity index is 1.15. The molecule has 1 spiro atoms. The number of ketones is 1. The number of amides is 1. The summed E-state index contributed by atoms with van der Waals surface area (Å²) in [6.07, 6.45) is -3.34. The third-order valence-corrected chi connectivity index (χ3v) is 12.8. The van der Waals surface area contributed by atoms with E-state index in [1.165, 1.54) is 30.3 Å². The molecule has 14 heteroatoms. The number of aromatic nitrogens is 3. The molecule has 0 saturated carbocycles. The van der Waals surface area contributed by atoms with Crippen LogP contribution in [0.4, 0.5) is 18.9 Å². The van der Waals surface area contributed by atoms with Crippen LogP contribution in [0.1, 0.15) is 60.2 Å². The Morgan fingerprint density at radius 3 is 2.53 bits per heavy atom. The molecule has 0 radical (unpaired) electrons. The Bertz CT molecular complexity index is 2920. The second-order valence-corrected chi connectivity index (χ2v) is 16.4. The van der Waals surface area contributed by atoms with Gasteiger partial charge in [-0.15, -0.1) is 0 Å². The maximum absolute atomic E-state index is 15.1. The number of alkyl halides is 3. The molecule has 4 N–H and O–H groups in total. The Labute approximate surface area is 340 Å². The van der Waals surface area contributed by atoms with Crippen LogP contribution in [0.2, 0.25) is 0 Å². The quantitative estimate of drug-likeness (QED) is 0.130. The van der Waals surface area contributed by atoms with Gasteiger partial charge in [0.15, 0.2) is 34.6 Å². The summed E-state index contributed by atoms with van der Waals surface area (Å²) >= 11 is 0. The average molecular weight is 812 g/mol. The number of hydrogen-bond acceptors (Lipinski definition) is 9. The molecular weight excluding hydrogens is 776 g/mol. The van der Waals surface area contributed by atoms with Crippen LogP contribution in [0.15, 0.2) is 106 Å². The molecule has 0 fully saturated rings. The first-order valence-corrected chi connectivity index (χ1v) is 19.8. The van der Waals surface area contributed by atoms with E-state index < -0.39 is 65.5 Å². The van der Waals surface area contributed by atoms with Crippen molar-refractivity contribution < 1.29 is 41.4 Å². The number of oxazole rings is 2. The molecule has 4 aliphatic heterocycles. The molecule has 5 atom stereocenters. The van der Waals surface area contributed by atoms with Crippen molar-refractivity contribution in [2.24, 2.45) is 11.8 Å². The predicted octanol–water partition coefficient (Wildman–Crippen LogP) is 8.37. The van der Waals surface area contributed by atoms with Gasteiger partial charge in [0, 0.05) is 57.4 Å². The minimum Gasteiger partial charge on any atom is -0.469 e. The molecule has 1 unspecified atom stereocenters. The van der Waals surface area contributed by atoms with Crippen molar-refractivity contribution in [3.63, 3.8) is 0 Å². The average Bonchev–Trinajstić information content (AvgIpc) is 4.06. The van der Waals surface area contributed by atoms with E-state index in [4.69, 9.17) is 23.5 Å². The summed E-state index contributed by atoms with van der Waals surface area (Å²) in [5, 5.41) is 18.1. The van der Waals surface area contributed by atoms with E-state index in [2.05, 4.69) is 21.7 Å². The van der Waals surface area contributed by atoms with Gasteiger partial charge in [0.05, 0.1) is 12.8 Å². The SMILES string of the molecule is CC(C)[C@@H]1NC(=O)[C@@H](CC(=O)[C@@](CO)(c2ccccc2)C(F)(F)F)Cc2ccc3c(c2)C24c5cccc(c5N[C@H]2O3)-c2cccc3[nH]cc(c23)-c2cnc(o2)-c2nc1oc24. The number of benzene rings is 4. The van der Waals surface area contributed by atoms with Crippen LogP contribution in [0.25, 0.3) is 44.9 Å². The van der Waals surface area contributed by atoms with Crippen LogP contribution in [-0.4, -0.2) is 50.8 Å². The standard InChI is InChI=1S/C46H36F3N5O6/c1-22(2)36-42-53-38-39(60-42)45-29-12-6-11-27(26-10-7-13-31-35(26)28(19-50-31)33-20-51-41(38)58-33)37(29)54-43(45)59-32-15-14-23(17-30(32)45)16-24(40(57)52-36)18-34(56)44(21-55,46(47,48)49)25-8-4-3-5-9-25/h3-15,17,19-20,22,24,36,43,50,54-55H,16,18,21H2,1-2H3,(H,52,57)/t24-,36+,43+,44-,45?/m1/s1. The molecule has 10 bridgehead atoms. The van der Waals surface area contributed by atoms with E-state index in [0.717, 1.165) is 38.8 Å². The lowest BCUT2D eigenvalue weighted by molar-refractivity contribution is -0.202. The number of aliphatic hydroxyl groups excluding tert-OH is 1. The molecule has 60 heavy (non-hydrogen) atoms. The van der Waals surface area contributed by atoms with Crippen molar-refractivity contribution in [1.29, 1.82) is 0 Å². The number of ether oxygens (including phenoxy) is 1. The van der Waals surface area contributed by atoms with Crippen molar-refractivity contribution in [2.75, 3.05) is 11.9 Å². The van der Waals surface area contributed by atoms with Crippen molar-refractivity contribution >= 4 is 28.3 Å². The van der Waals surface area contributed by atoms with Crippen LogP contribution >= 0.6 is 0 Å². The summed E-state index contributed by atoms with van der Waals surface area (Å²) in [5.41, 5.74) is 1.80. The number of carbonyl (C=O) groups excluding carboxylic acids is 2. The van der Waals surface area contributed by atoms with Crippen LogP contribution in [0, 0.1) is 11.8 Å². The molecule has 3 aromatic heterocycles. The van der Waals surface area contributed by atoms with Gasteiger partial charge in [-0.2, -0.15) is 13.2 Å². The summed E-state index contributed by atoms with van der Waals surface area (Å²) < 4.78 is 65.7. The van der Waals surface area contributed by atoms with E-state index in [9.17, 15) is 14.7 Å². The van der Waals surface area contributed by atoms with Crippen molar-refractivity contribution in [1.82, 2.24) is 20.3 Å². The number of halogens is 3. The number of Topliss-reactive ketones (excluding diaryl/α,β-unsaturated/α-hetero) is 1. The lowest BCUT2D eigenvalue weighted by atomic mass is 9.71. The van der Waals surface area contributed by atoms with Gasteiger partial charge in [0.25, 0.3) is 0 Å². The fourth-order valence-corrected chi connectivity index (χ4v) is 9.84. The van der Waals surface area contributed by atoms with Crippen LogP contribution in [-0.2, 0) is 26.8 Å². The Hall–Kier alpha value is -6.67. The number of aromatic amines is 1. The molecule has 11 rings (SSSR count). The van der Waals surface area contributed by atoms with Gasteiger partial charge in [-0.1, -0.05) is 86.6 Å². The van der Waals surface area contributed by atoms with E-state index >= 15 is 13.2 Å². The van der Waals surface area contributed by atoms with Gasteiger partial charge < -0.3 is 34.3 Å². The maximum Gasteiger partial charge on any atom is 0.407 e. The number of fused-ring (bicyclic) bond motifs is 7. The molecule has 302 valence electrons. The molecule has 4 aromatic carbocycles. The molecule has 1 amide bonds. The zero-order valence-electron chi connectivity index (χ0n) is 32.2. The van der Waals surface area contributed by atoms with Crippen LogP contribution in [0.3, 0.4) is 0 Å². The van der Waals surface area contributed by atoms with E-state index in [0.29, 0.717) is 28.4 Å². The minimum atomic E-state index is -5.17. The highest BCUT2D eigenvalue weighted by Crippen LogP contribution is 2.61. The van der Waals surface area contributed by atoms with E-state index in [-0.39, 0.29) is 29.8 Å². The largest absolute Gasteiger partial charge is 0.469 e. The third-order valence-electron chi connectivity index (χ3n) is 12.8. The topological polar surface area (TPSA) is 156 Å². The van der Waals surface area contributed by atoms with Crippen LogP contribution in [0.5, 0.6) is 5.75 Å². The first-order valence-electron chi connectivity index (χ1n) is 19.8. The van der Waals surface area contributed by atoms with E-state index in [1.54, 1.807) is 18.3 Å². The number of anilines is 1. The zero-order chi connectivity index (χ0) is 41.3.